The van der Waals surface area contributed by atoms with Gasteiger partial charge in [-0.05, 0) is 12.1 Å². The lowest BCUT2D eigenvalue weighted by atomic mass is 10.2. The van der Waals surface area contributed by atoms with Gasteiger partial charge in [0.15, 0.2) is 0 Å². The lowest BCUT2D eigenvalue weighted by molar-refractivity contribution is -0.383. The first-order valence-electron chi connectivity index (χ1n) is 4.92. The molecule has 0 aliphatic heterocycles. The lowest BCUT2D eigenvalue weighted by Gasteiger charge is -2.05. The molecule has 4 N–H and O–H groups in total. The van der Waals surface area contributed by atoms with Gasteiger partial charge in [-0.2, -0.15) is 5.10 Å². The second-order valence-electron chi connectivity index (χ2n) is 3.49. The van der Waals surface area contributed by atoms with Gasteiger partial charge in [-0.3, -0.25) is 15.2 Å². The smallest absolute Gasteiger partial charge is 0.292 e. The Morgan fingerprint density at radius 2 is 2.35 bits per heavy atom. The molecule has 2 rings (SSSR count). The zero-order valence-corrected chi connectivity index (χ0v) is 8.88. The van der Waals surface area contributed by atoms with E-state index in [1.165, 1.54) is 12.1 Å². The molecule has 0 bridgehead atoms. The second-order valence-corrected chi connectivity index (χ2v) is 3.49. The Kier molecular flexibility index (Phi) is 2.91. The molecule has 7 heteroatoms. The molecule has 7 nitrogen and oxygen atoms in total. The SMILES string of the molecule is Nc1cc(NCc2cn[nH]c2)ccc1[N+](=O)[O-]. The summed E-state index contributed by atoms with van der Waals surface area (Å²) in [6.07, 6.45) is 3.46. The molecule has 0 aliphatic carbocycles. The lowest BCUT2D eigenvalue weighted by Crippen LogP contribution is -2.01. The first-order chi connectivity index (χ1) is 8.16. The van der Waals surface area contributed by atoms with Gasteiger partial charge >= 0.3 is 0 Å². The minimum atomic E-state index is -0.505. The largest absolute Gasteiger partial charge is 0.393 e. The van der Waals surface area contributed by atoms with Crippen molar-refractivity contribution in [2.75, 3.05) is 11.1 Å². The van der Waals surface area contributed by atoms with Crippen LogP contribution >= 0.6 is 0 Å². The van der Waals surface area contributed by atoms with Crippen LogP contribution in [0.15, 0.2) is 30.6 Å². The number of nitrogens with zero attached hydrogens (tertiary/aromatic N) is 2. The van der Waals surface area contributed by atoms with Crippen molar-refractivity contribution in [3.63, 3.8) is 0 Å². The monoisotopic (exact) mass is 233 g/mol. The maximum atomic E-state index is 10.6. The highest BCUT2D eigenvalue weighted by molar-refractivity contribution is 5.65. The Balaban J connectivity index is 2.07. The van der Waals surface area contributed by atoms with Crippen molar-refractivity contribution in [2.24, 2.45) is 0 Å². The minimum absolute atomic E-state index is 0.0844. The number of nitrogens with one attached hydrogen (secondary N) is 2. The van der Waals surface area contributed by atoms with Gasteiger partial charge in [-0.15, -0.1) is 0 Å². The predicted molar refractivity (Wildman–Crippen MR) is 63.4 cm³/mol. The number of hydrogen-bond donors (Lipinski definition) is 3. The minimum Gasteiger partial charge on any atom is -0.393 e. The van der Waals surface area contributed by atoms with E-state index in [2.05, 4.69) is 15.5 Å². The zero-order valence-electron chi connectivity index (χ0n) is 8.88. The fourth-order valence-corrected chi connectivity index (χ4v) is 1.41. The van der Waals surface area contributed by atoms with Crippen molar-refractivity contribution in [1.29, 1.82) is 0 Å². The molecule has 0 fully saturated rings. The molecule has 1 aromatic heterocycles. The highest BCUT2D eigenvalue weighted by Gasteiger charge is 2.10. The number of hydrogen-bond acceptors (Lipinski definition) is 5. The molecule has 17 heavy (non-hydrogen) atoms. The number of anilines is 2. The van der Waals surface area contributed by atoms with Gasteiger partial charge in [0, 0.05) is 30.1 Å². The van der Waals surface area contributed by atoms with Gasteiger partial charge in [0.2, 0.25) is 0 Å². The average molecular weight is 233 g/mol. The van der Waals surface area contributed by atoms with Crippen LogP contribution < -0.4 is 11.1 Å². The molecule has 88 valence electrons. The second kappa shape index (κ2) is 4.52. The maximum absolute atomic E-state index is 10.6. The number of nitro groups is 1. The number of H-pyrrole nitrogens is 1. The van der Waals surface area contributed by atoms with Crippen LogP contribution in [0.2, 0.25) is 0 Å². The molecule has 0 saturated carbocycles. The molecule has 0 amide bonds. The number of aromatic amines is 1. The first-order valence-corrected chi connectivity index (χ1v) is 4.92. The van der Waals surface area contributed by atoms with Crippen LogP contribution in [0.5, 0.6) is 0 Å². The third-order valence-corrected chi connectivity index (χ3v) is 2.28. The summed E-state index contributed by atoms with van der Waals surface area (Å²) in [5.41, 5.74) is 7.35. The van der Waals surface area contributed by atoms with Gasteiger partial charge in [-0.1, -0.05) is 0 Å². The van der Waals surface area contributed by atoms with Crippen LogP contribution in [0, 0.1) is 10.1 Å². The number of rotatable bonds is 4. The van der Waals surface area contributed by atoms with Crippen LogP contribution in [-0.4, -0.2) is 15.1 Å². The van der Waals surface area contributed by atoms with Crippen LogP contribution in [0.1, 0.15) is 5.56 Å². The van der Waals surface area contributed by atoms with Crippen molar-refractivity contribution in [2.45, 2.75) is 6.54 Å². The Bertz CT molecular complexity index is 523. The summed E-state index contributed by atoms with van der Waals surface area (Å²) in [5.74, 6) is 0. The van der Waals surface area contributed by atoms with Gasteiger partial charge in [-0.25, -0.2) is 0 Å². The molecule has 0 atom stereocenters. The van der Waals surface area contributed by atoms with Crippen LogP contribution in [0.25, 0.3) is 0 Å². The Morgan fingerprint density at radius 1 is 1.53 bits per heavy atom. The third kappa shape index (κ3) is 2.51. The van der Waals surface area contributed by atoms with E-state index in [1.807, 2.05) is 0 Å². The number of aromatic nitrogens is 2. The molecule has 0 saturated heterocycles. The Labute approximate surface area is 96.8 Å². The van der Waals surface area contributed by atoms with E-state index in [4.69, 9.17) is 5.73 Å². The summed E-state index contributed by atoms with van der Waals surface area (Å²) in [7, 11) is 0. The van der Waals surface area contributed by atoms with Gasteiger partial charge in [0.25, 0.3) is 5.69 Å². The van der Waals surface area contributed by atoms with Gasteiger partial charge in [0.05, 0.1) is 11.1 Å². The fourth-order valence-electron chi connectivity index (χ4n) is 1.41. The van der Waals surface area contributed by atoms with Crippen LogP contribution in [-0.2, 0) is 6.54 Å². The van der Waals surface area contributed by atoms with Crippen molar-refractivity contribution in [3.8, 4) is 0 Å². The average Bonchev–Trinajstić information content (AvgIpc) is 2.78. The summed E-state index contributed by atoms with van der Waals surface area (Å²) in [5, 5.41) is 20.2. The molecule has 0 radical (unpaired) electrons. The van der Waals surface area contributed by atoms with E-state index < -0.39 is 4.92 Å². The van der Waals surface area contributed by atoms with E-state index in [0.717, 1.165) is 11.3 Å². The molecular formula is C10H11N5O2. The zero-order chi connectivity index (χ0) is 12.3. The van der Waals surface area contributed by atoms with E-state index in [-0.39, 0.29) is 11.4 Å². The summed E-state index contributed by atoms with van der Waals surface area (Å²) < 4.78 is 0. The summed E-state index contributed by atoms with van der Waals surface area (Å²) in [6, 6.07) is 4.54. The Hall–Kier alpha value is -2.57. The molecule has 0 spiro atoms. The van der Waals surface area contributed by atoms with Crippen molar-refractivity contribution in [1.82, 2.24) is 10.2 Å². The van der Waals surface area contributed by atoms with E-state index in [0.29, 0.717) is 6.54 Å². The van der Waals surface area contributed by atoms with Gasteiger partial charge < -0.3 is 11.1 Å². The van der Waals surface area contributed by atoms with E-state index >= 15 is 0 Å². The summed E-state index contributed by atoms with van der Waals surface area (Å²) in [4.78, 5) is 10.1. The number of nitrogens with two attached hydrogens (primary N) is 1. The van der Waals surface area contributed by atoms with Gasteiger partial charge in [0.1, 0.15) is 5.69 Å². The standard InChI is InChI=1S/C10H11N5O2/c11-9-3-8(1-2-10(9)15(16)17)12-4-7-5-13-14-6-7/h1-3,5-6,12H,4,11H2,(H,13,14). The Morgan fingerprint density at radius 3 is 2.94 bits per heavy atom. The van der Waals surface area contributed by atoms with Crippen LogP contribution in [0.3, 0.4) is 0 Å². The van der Waals surface area contributed by atoms with E-state index in [1.54, 1.807) is 18.5 Å². The number of nitro benzene ring substituents is 1. The molecule has 2 aromatic rings. The molecule has 0 unspecified atom stereocenters. The molecule has 0 aliphatic rings. The number of nitrogen functional groups attached to an aromatic ring is 1. The maximum Gasteiger partial charge on any atom is 0.292 e. The van der Waals surface area contributed by atoms with E-state index in [9.17, 15) is 10.1 Å². The van der Waals surface area contributed by atoms with Crippen molar-refractivity contribution >= 4 is 17.1 Å². The summed E-state index contributed by atoms with van der Waals surface area (Å²) >= 11 is 0. The van der Waals surface area contributed by atoms with Crippen LogP contribution in [0.4, 0.5) is 17.1 Å². The number of benzene rings is 1. The third-order valence-electron chi connectivity index (χ3n) is 2.28. The normalized spacial score (nSPS) is 10.1. The highest BCUT2D eigenvalue weighted by Crippen LogP contribution is 2.24. The topological polar surface area (TPSA) is 110 Å². The molecule has 1 aromatic carbocycles. The quantitative estimate of drug-likeness (QED) is 0.421. The van der Waals surface area contributed by atoms with Crippen molar-refractivity contribution < 1.29 is 4.92 Å². The van der Waals surface area contributed by atoms with Crippen molar-refractivity contribution in [3.05, 3.63) is 46.3 Å². The summed E-state index contributed by atoms with van der Waals surface area (Å²) in [6.45, 7) is 0.577. The highest BCUT2D eigenvalue weighted by atomic mass is 16.6. The predicted octanol–water partition coefficient (Wildman–Crippen LogP) is 1.51. The molecular weight excluding hydrogens is 222 g/mol. The fraction of sp³-hybridized carbons (Fsp3) is 0.100. The molecule has 1 heterocycles. The first kappa shape index (κ1) is 10.9.